The van der Waals surface area contributed by atoms with Gasteiger partial charge in [-0.25, -0.2) is 0 Å². The summed E-state index contributed by atoms with van der Waals surface area (Å²) >= 11 is 0. The zero-order valence-electron chi connectivity index (χ0n) is 23.2. The lowest BCUT2D eigenvalue weighted by molar-refractivity contribution is -0.141. The molecule has 2 N–H and O–H groups in total. The molecule has 2 saturated heterocycles. The Hall–Kier alpha value is -2.93. The first-order valence-corrected chi connectivity index (χ1v) is 14.9. The molecule has 1 saturated carbocycles. The minimum absolute atomic E-state index is 0.0997. The monoisotopic (exact) mass is 531 g/mol. The molecule has 1 aromatic carbocycles. The number of hydrogen-bond acceptors (Lipinski definition) is 4. The van der Waals surface area contributed by atoms with Gasteiger partial charge in [-0.1, -0.05) is 55.7 Å². The lowest BCUT2D eigenvalue weighted by Gasteiger charge is -2.36. The van der Waals surface area contributed by atoms with Crippen molar-refractivity contribution in [1.29, 1.82) is 0 Å². The van der Waals surface area contributed by atoms with Crippen LogP contribution < -0.4 is 10.6 Å². The maximum atomic E-state index is 14.2. The molecule has 3 amide bonds. The molecule has 6 rings (SSSR count). The molecular weight excluding hydrogens is 490 g/mol. The predicted octanol–water partition coefficient (Wildman–Crippen LogP) is 4.67. The first-order chi connectivity index (χ1) is 18.9. The summed E-state index contributed by atoms with van der Waals surface area (Å²) in [7, 11) is 0. The van der Waals surface area contributed by atoms with Gasteiger partial charge in [0.2, 0.25) is 17.7 Å². The van der Waals surface area contributed by atoms with Gasteiger partial charge >= 0.3 is 0 Å². The molecule has 2 bridgehead atoms. The van der Waals surface area contributed by atoms with Gasteiger partial charge in [0.1, 0.15) is 11.6 Å². The summed E-state index contributed by atoms with van der Waals surface area (Å²) in [5.74, 6) is -1.50. The average molecular weight is 532 g/mol. The van der Waals surface area contributed by atoms with E-state index in [0.717, 1.165) is 44.1 Å². The fourth-order valence-electron chi connectivity index (χ4n) is 7.64. The van der Waals surface area contributed by atoms with E-state index >= 15 is 0 Å². The largest absolute Gasteiger partial charge is 0.359 e. The van der Waals surface area contributed by atoms with Crippen LogP contribution in [0, 0.1) is 24.7 Å². The molecule has 3 aliphatic heterocycles. The number of benzene rings is 1. The summed E-state index contributed by atoms with van der Waals surface area (Å²) in [4.78, 5) is 43.6. The van der Waals surface area contributed by atoms with Crippen LogP contribution in [-0.2, 0) is 19.1 Å². The van der Waals surface area contributed by atoms with Gasteiger partial charge in [0.15, 0.2) is 0 Å². The highest BCUT2D eigenvalue weighted by atomic mass is 16.5. The second kappa shape index (κ2) is 10.6. The number of allylic oxidation sites excluding steroid dienone is 1. The minimum atomic E-state index is -1.11. The highest BCUT2D eigenvalue weighted by Crippen LogP contribution is 2.55. The molecule has 3 fully saturated rings. The third kappa shape index (κ3) is 4.73. The number of carbonyl (C=O) groups is 3. The first kappa shape index (κ1) is 26.3. The normalized spacial score (nSPS) is 35.1. The van der Waals surface area contributed by atoms with Gasteiger partial charge in [-0.3, -0.25) is 14.4 Å². The molecule has 0 radical (unpaired) electrons. The Balaban J connectivity index is 1.29. The van der Waals surface area contributed by atoms with E-state index in [1.54, 1.807) is 4.90 Å². The number of carbonyl (C=O) groups excluding carboxylic acids is 3. The van der Waals surface area contributed by atoms with Crippen molar-refractivity contribution in [2.45, 2.75) is 95.4 Å². The second-order valence-corrected chi connectivity index (χ2v) is 12.3. The molecule has 0 unspecified atom stereocenters. The molecule has 7 nitrogen and oxygen atoms in total. The van der Waals surface area contributed by atoms with Gasteiger partial charge in [0.05, 0.1) is 17.9 Å². The first-order valence-electron chi connectivity index (χ1n) is 14.9. The number of aryl methyl sites for hydroxylation is 1. The number of nitrogens with one attached hydrogen (secondary N) is 2. The van der Waals surface area contributed by atoms with Crippen molar-refractivity contribution in [2.75, 3.05) is 11.9 Å². The van der Waals surface area contributed by atoms with Crippen LogP contribution in [0.2, 0.25) is 0 Å². The average Bonchev–Trinajstić information content (AvgIpc) is 3.56. The van der Waals surface area contributed by atoms with Gasteiger partial charge in [-0.05, 0) is 75.5 Å². The third-order valence-corrected chi connectivity index (χ3v) is 9.71. The maximum absolute atomic E-state index is 14.2. The Bertz CT molecular complexity index is 1210. The van der Waals surface area contributed by atoms with Crippen LogP contribution in [0.25, 0.3) is 0 Å². The molecule has 5 aliphatic rings. The summed E-state index contributed by atoms with van der Waals surface area (Å²) in [6.45, 7) is 4.64. The van der Waals surface area contributed by atoms with Gasteiger partial charge in [0, 0.05) is 18.3 Å². The van der Waals surface area contributed by atoms with Gasteiger partial charge in [-0.2, -0.15) is 0 Å². The topological polar surface area (TPSA) is 87.7 Å². The molecule has 39 heavy (non-hydrogen) atoms. The summed E-state index contributed by atoms with van der Waals surface area (Å²) in [6, 6.07) is 6.98. The zero-order chi connectivity index (χ0) is 27.1. The van der Waals surface area contributed by atoms with E-state index in [-0.39, 0.29) is 23.8 Å². The number of amides is 3. The Kier molecular flexibility index (Phi) is 7.13. The quantitative estimate of drug-likeness (QED) is 0.501. The van der Waals surface area contributed by atoms with E-state index in [1.807, 2.05) is 43.3 Å². The molecule has 3 heterocycles. The summed E-state index contributed by atoms with van der Waals surface area (Å²) in [5.41, 5.74) is 1.99. The van der Waals surface area contributed by atoms with Crippen molar-refractivity contribution in [3.05, 3.63) is 53.6 Å². The predicted molar refractivity (Wildman–Crippen MR) is 150 cm³/mol. The number of hydrogen-bond donors (Lipinski definition) is 2. The van der Waals surface area contributed by atoms with Gasteiger partial charge in [0.25, 0.3) is 0 Å². The van der Waals surface area contributed by atoms with E-state index < -0.39 is 29.6 Å². The minimum Gasteiger partial charge on any atom is -0.359 e. The number of nitrogens with zero attached hydrogens (tertiary/aromatic N) is 1. The van der Waals surface area contributed by atoms with E-state index in [1.165, 1.54) is 24.8 Å². The number of ether oxygens (including phenoxy) is 1. The van der Waals surface area contributed by atoms with Crippen LogP contribution in [0.4, 0.5) is 5.69 Å². The Morgan fingerprint density at radius 3 is 2.74 bits per heavy atom. The Morgan fingerprint density at radius 1 is 1.13 bits per heavy atom. The van der Waals surface area contributed by atoms with Crippen molar-refractivity contribution in [1.82, 2.24) is 10.2 Å². The van der Waals surface area contributed by atoms with Crippen LogP contribution in [0.3, 0.4) is 0 Å². The van der Waals surface area contributed by atoms with Crippen LogP contribution in [-0.4, -0.2) is 53.0 Å². The van der Waals surface area contributed by atoms with Crippen molar-refractivity contribution in [2.24, 2.45) is 17.8 Å². The van der Waals surface area contributed by atoms with Crippen molar-refractivity contribution < 1.29 is 19.1 Å². The molecule has 208 valence electrons. The van der Waals surface area contributed by atoms with Crippen molar-refractivity contribution in [3.8, 4) is 0 Å². The highest BCUT2D eigenvalue weighted by molar-refractivity contribution is 6.02. The molecule has 0 aromatic heterocycles. The second-order valence-electron chi connectivity index (χ2n) is 12.3. The van der Waals surface area contributed by atoms with E-state index in [2.05, 4.69) is 23.6 Å². The van der Waals surface area contributed by atoms with Crippen molar-refractivity contribution >= 4 is 23.4 Å². The maximum Gasteiger partial charge on any atom is 0.246 e. The number of likely N-dealkylation sites (tertiary alicyclic amines) is 1. The molecule has 2 aliphatic carbocycles. The lowest BCUT2D eigenvalue weighted by atomic mass is 9.74. The molecule has 1 spiro atoms. The standard InChI is InChI=1S/C32H41N3O4/c1-20-9-8-13-23(19-20)33-29(36)26-25-15-17-32(39-25)27(26)31(38)35(18-16-22-11-4-3-5-12-22)28(32)30(37)34-24-14-7-6-10-21(24)2/h8-9,11,13,15,17,19,21,24-28H,3-7,10,12,14,16,18H2,1-2H3,(H,33,36)(H,34,37)/t21-,24-,25+,26-,27+,28+,32+/m1/s1. The zero-order valence-corrected chi connectivity index (χ0v) is 23.2. The highest BCUT2D eigenvalue weighted by Gasteiger charge is 2.72. The Morgan fingerprint density at radius 2 is 1.97 bits per heavy atom. The molecule has 1 aromatic rings. The van der Waals surface area contributed by atoms with E-state index in [0.29, 0.717) is 18.2 Å². The lowest BCUT2D eigenvalue weighted by Crippen LogP contribution is -2.57. The van der Waals surface area contributed by atoms with E-state index in [4.69, 9.17) is 4.74 Å². The number of rotatable bonds is 7. The fourth-order valence-corrected chi connectivity index (χ4v) is 7.64. The molecule has 7 atom stereocenters. The molecule has 7 heteroatoms. The summed E-state index contributed by atoms with van der Waals surface area (Å²) < 4.78 is 6.51. The SMILES string of the molecule is Cc1cccc(NC(=O)[C@@H]2[C@@H]3C=C[C@]4(O3)[C@@H]2C(=O)N(CCC2=CCCCC2)[C@H]4C(=O)N[C@@H]2CCCC[C@H]2C)c1. The van der Waals surface area contributed by atoms with Gasteiger partial charge in [-0.15, -0.1) is 0 Å². The third-order valence-electron chi connectivity index (χ3n) is 9.71. The smallest absolute Gasteiger partial charge is 0.246 e. The Labute approximate surface area is 231 Å². The van der Waals surface area contributed by atoms with Crippen LogP contribution >= 0.6 is 0 Å². The van der Waals surface area contributed by atoms with E-state index in [9.17, 15) is 14.4 Å². The summed E-state index contributed by atoms with van der Waals surface area (Å²) in [5, 5.41) is 6.34. The van der Waals surface area contributed by atoms with Crippen LogP contribution in [0.1, 0.15) is 70.3 Å². The van der Waals surface area contributed by atoms with Gasteiger partial charge < -0.3 is 20.3 Å². The molecular formula is C32H41N3O4. The number of anilines is 1. The fraction of sp³-hybridized carbons (Fsp3) is 0.594. The van der Waals surface area contributed by atoms with Crippen molar-refractivity contribution in [3.63, 3.8) is 0 Å². The van der Waals surface area contributed by atoms with Crippen LogP contribution in [0.15, 0.2) is 48.1 Å². The summed E-state index contributed by atoms with van der Waals surface area (Å²) in [6.07, 6.45) is 15.2. The van der Waals surface area contributed by atoms with Crippen LogP contribution in [0.5, 0.6) is 0 Å². The number of fused-ring (bicyclic) bond motifs is 1.